The summed E-state index contributed by atoms with van der Waals surface area (Å²) in [7, 11) is 0. The summed E-state index contributed by atoms with van der Waals surface area (Å²) >= 11 is 0. The van der Waals surface area contributed by atoms with Crippen molar-refractivity contribution < 1.29 is 9.53 Å². The largest absolute Gasteiger partial charge is 0.481 e. The summed E-state index contributed by atoms with van der Waals surface area (Å²) < 4.78 is 5.75. The van der Waals surface area contributed by atoms with Gasteiger partial charge in [-0.1, -0.05) is 12.1 Å². The van der Waals surface area contributed by atoms with Crippen molar-refractivity contribution in [3.05, 3.63) is 84.6 Å². The number of para-hydroxylation sites is 2. The van der Waals surface area contributed by atoms with Crippen LogP contribution < -0.4 is 10.1 Å². The molecule has 0 radical (unpaired) electrons. The number of rotatable bonds is 5. The van der Waals surface area contributed by atoms with Crippen molar-refractivity contribution in [3.63, 3.8) is 0 Å². The number of benzene rings is 3. The zero-order valence-corrected chi connectivity index (χ0v) is 16.2. The third-order valence-electron chi connectivity index (χ3n) is 4.56. The number of amides is 1. The van der Waals surface area contributed by atoms with E-state index in [2.05, 4.69) is 15.3 Å². The molecule has 1 heterocycles. The van der Waals surface area contributed by atoms with Crippen LogP contribution in [0.5, 0.6) is 5.75 Å². The van der Waals surface area contributed by atoms with Crippen LogP contribution >= 0.6 is 0 Å². The van der Waals surface area contributed by atoms with Gasteiger partial charge in [-0.25, -0.2) is 4.98 Å². The number of carbonyl (C=O) groups excluding carboxylic acids is 1. The number of carbonyl (C=O) groups is 1. The molecule has 4 aromatic rings. The quantitative estimate of drug-likeness (QED) is 0.535. The maximum Gasteiger partial charge on any atom is 0.265 e. The molecule has 0 spiro atoms. The van der Waals surface area contributed by atoms with Crippen LogP contribution in [-0.2, 0) is 4.79 Å². The molecule has 0 aliphatic carbocycles. The maximum atomic E-state index is 12.4. The van der Waals surface area contributed by atoms with Gasteiger partial charge in [0.05, 0.1) is 34.6 Å². The Kier molecular flexibility index (Phi) is 5.35. The van der Waals surface area contributed by atoms with Gasteiger partial charge in [-0.3, -0.25) is 9.78 Å². The van der Waals surface area contributed by atoms with Crippen molar-refractivity contribution in [2.24, 2.45) is 0 Å². The molecular formula is C24H18N4O2. The molecule has 0 aliphatic rings. The summed E-state index contributed by atoms with van der Waals surface area (Å²) in [6, 6.07) is 23.8. The molecule has 0 aliphatic heterocycles. The Labute approximate surface area is 173 Å². The zero-order chi connectivity index (χ0) is 20.9. The highest BCUT2D eigenvalue weighted by Gasteiger charge is 2.15. The highest BCUT2D eigenvalue weighted by Crippen LogP contribution is 2.23. The SMILES string of the molecule is C[C@@H](Oc1ccc(-c2cnc3ccccc3n2)cc1)C(=O)Nc1ccc(C#N)cc1. The third-order valence-corrected chi connectivity index (χ3v) is 4.56. The van der Waals surface area contributed by atoms with E-state index in [4.69, 9.17) is 10.00 Å². The van der Waals surface area contributed by atoms with Crippen LogP contribution in [0, 0.1) is 11.3 Å². The minimum absolute atomic E-state index is 0.274. The normalized spacial score (nSPS) is 11.5. The molecule has 6 heteroatoms. The number of aromatic nitrogens is 2. The summed E-state index contributed by atoms with van der Waals surface area (Å²) in [6.45, 7) is 1.68. The van der Waals surface area contributed by atoms with Gasteiger partial charge in [-0.2, -0.15) is 5.26 Å². The summed E-state index contributed by atoms with van der Waals surface area (Å²) in [5.41, 5.74) is 4.52. The van der Waals surface area contributed by atoms with E-state index in [9.17, 15) is 4.79 Å². The highest BCUT2D eigenvalue weighted by atomic mass is 16.5. The predicted molar refractivity (Wildman–Crippen MR) is 115 cm³/mol. The summed E-state index contributed by atoms with van der Waals surface area (Å²) in [5, 5.41) is 11.6. The molecule has 0 unspecified atom stereocenters. The molecule has 146 valence electrons. The lowest BCUT2D eigenvalue weighted by Crippen LogP contribution is -2.30. The van der Waals surface area contributed by atoms with E-state index in [-0.39, 0.29) is 5.91 Å². The van der Waals surface area contributed by atoms with Gasteiger partial charge in [0.15, 0.2) is 6.10 Å². The Morgan fingerprint density at radius 1 is 1.00 bits per heavy atom. The number of ether oxygens (including phenoxy) is 1. The number of anilines is 1. The average molecular weight is 394 g/mol. The van der Waals surface area contributed by atoms with E-state index in [1.165, 1.54) is 0 Å². The lowest BCUT2D eigenvalue weighted by Gasteiger charge is -2.15. The number of fused-ring (bicyclic) bond motifs is 1. The average Bonchev–Trinajstić information content (AvgIpc) is 2.79. The molecule has 0 fully saturated rings. The van der Waals surface area contributed by atoms with E-state index in [0.29, 0.717) is 17.0 Å². The van der Waals surface area contributed by atoms with Gasteiger partial charge in [0, 0.05) is 11.3 Å². The molecule has 1 amide bonds. The van der Waals surface area contributed by atoms with Crippen LogP contribution in [-0.4, -0.2) is 22.0 Å². The Balaban J connectivity index is 1.41. The second-order valence-corrected chi connectivity index (χ2v) is 6.71. The van der Waals surface area contributed by atoms with Crippen molar-refractivity contribution in [3.8, 4) is 23.1 Å². The van der Waals surface area contributed by atoms with Gasteiger partial charge in [-0.05, 0) is 67.6 Å². The lowest BCUT2D eigenvalue weighted by molar-refractivity contribution is -0.122. The van der Waals surface area contributed by atoms with Crippen molar-refractivity contribution in [2.75, 3.05) is 5.32 Å². The van der Waals surface area contributed by atoms with Gasteiger partial charge in [0.1, 0.15) is 5.75 Å². The molecule has 0 saturated carbocycles. The summed E-state index contributed by atoms with van der Waals surface area (Å²) in [4.78, 5) is 21.4. The molecule has 1 N–H and O–H groups in total. The first-order valence-electron chi connectivity index (χ1n) is 9.42. The number of nitrogens with zero attached hydrogens (tertiary/aromatic N) is 3. The standard InChI is InChI=1S/C24H18N4O2/c1-16(24(29)27-19-10-6-17(14-25)7-11-19)30-20-12-8-18(9-13-20)23-15-26-21-4-2-3-5-22(21)28-23/h2-13,15-16H,1H3,(H,27,29)/t16-/m1/s1. The molecular weight excluding hydrogens is 376 g/mol. The van der Waals surface area contributed by atoms with E-state index < -0.39 is 6.10 Å². The molecule has 6 nitrogen and oxygen atoms in total. The minimum Gasteiger partial charge on any atom is -0.481 e. The Bertz CT molecular complexity index is 1230. The Hall–Kier alpha value is -4.24. The maximum absolute atomic E-state index is 12.4. The number of nitriles is 1. The molecule has 1 aromatic heterocycles. The predicted octanol–water partition coefficient (Wildman–Crippen LogP) is 4.57. The van der Waals surface area contributed by atoms with E-state index in [0.717, 1.165) is 22.3 Å². The molecule has 0 saturated heterocycles. The van der Waals surface area contributed by atoms with Crippen LogP contribution in [0.25, 0.3) is 22.3 Å². The highest BCUT2D eigenvalue weighted by molar-refractivity contribution is 5.94. The molecule has 1 atom stereocenters. The van der Waals surface area contributed by atoms with E-state index in [1.807, 2.05) is 42.5 Å². The fourth-order valence-electron chi connectivity index (χ4n) is 2.93. The second kappa shape index (κ2) is 8.41. The number of hydrogen-bond donors (Lipinski definition) is 1. The summed E-state index contributed by atoms with van der Waals surface area (Å²) in [6.07, 6.45) is 1.05. The topological polar surface area (TPSA) is 87.9 Å². The fraction of sp³-hybridized carbons (Fsp3) is 0.0833. The smallest absolute Gasteiger partial charge is 0.265 e. The first-order valence-corrected chi connectivity index (χ1v) is 9.42. The molecule has 4 rings (SSSR count). The first-order chi connectivity index (χ1) is 14.6. The number of nitrogens with one attached hydrogen (secondary N) is 1. The Morgan fingerprint density at radius 3 is 2.40 bits per heavy atom. The molecule has 3 aromatic carbocycles. The zero-order valence-electron chi connectivity index (χ0n) is 16.2. The van der Waals surface area contributed by atoms with Gasteiger partial charge in [0.25, 0.3) is 5.91 Å². The van der Waals surface area contributed by atoms with Gasteiger partial charge < -0.3 is 10.1 Å². The van der Waals surface area contributed by atoms with Gasteiger partial charge in [0.2, 0.25) is 0 Å². The van der Waals surface area contributed by atoms with E-state index >= 15 is 0 Å². The molecule has 30 heavy (non-hydrogen) atoms. The number of hydrogen-bond acceptors (Lipinski definition) is 5. The first kappa shape index (κ1) is 19.1. The van der Waals surface area contributed by atoms with Crippen LogP contribution in [0.2, 0.25) is 0 Å². The van der Waals surface area contributed by atoms with Crippen molar-refractivity contribution >= 4 is 22.6 Å². The minimum atomic E-state index is -0.688. The summed E-state index contributed by atoms with van der Waals surface area (Å²) in [5.74, 6) is 0.305. The fourth-order valence-corrected chi connectivity index (χ4v) is 2.93. The molecule has 0 bridgehead atoms. The van der Waals surface area contributed by atoms with Gasteiger partial charge >= 0.3 is 0 Å². The van der Waals surface area contributed by atoms with Gasteiger partial charge in [-0.15, -0.1) is 0 Å². The van der Waals surface area contributed by atoms with Crippen molar-refractivity contribution in [2.45, 2.75) is 13.0 Å². The lowest BCUT2D eigenvalue weighted by atomic mass is 10.1. The monoisotopic (exact) mass is 394 g/mol. The van der Waals surface area contributed by atoms with Crippen LogP contribution in [0.3, 0.4) is 0 Å². The van der Waals surface area contributed by atoms with Crippen molar-refractivity contribution in [1.29, 1.82) is 5.26 Å². The van der Waals surface area contributed by atoms with Crippen molar-refractivity contribution in [1.82, 2.24) is 9.97 Å². The van der Waals surface area contributed by atoms with Crippen LogP contribution in [0.15, 0.2) is 79.0 Å². The van der Waals surface area contributed by atoms with Crippen LogP contribution in [0.1, 0.15) is 12.5 Å². The second-order valence-electron chi connectivity index (χ2n) is 6.71. The van der Waals surface area contributed by atoms with Crippen LogP contribution in [0.4, 0.5) is 5.69 Å². The Morgan fingerprint density at radius 2 is 1.70 bits per heavy atom. The third kappa shape index (κ3) is 4.26. The van der Waals surface area contributed by atoms with E-state index in [1.54, 1.807) is 49.5 Å².